The second-order valence-corrected chi connectivity index (χ2v) is 4.39. The van der Waals surface area contributed by atoms with Gasteiger partial charge >= 0.3 is 0 Å². The number of aldehydes is 1. The normalized spacial score (nSPS) is 20.6. The Morgan fingerprint density at radius 1 is 1.59 bits per heavy atom. The maximum Gasteiger partial charge on any atom is 0.155 e. The first-order valence-electron chi connectivity index (χ1n) is 6.02. The molecule has 0 saturated carbocycles. The van der Waals surface area contributed by atoms with Crippen LogP contribution in [0.2, 0.25) is 0 Å². The second-order valence-electron chi connectivity index (χ2n) is 4.39. The monoisotopic (exact) mass is 237 g/mol. The Kier molecular flexibility index (Phi) is 3.47. The van der Waals surface area contributed by atoms with Crippen molar-refractivity contribution in [1.82, 2.24) is 9.78 Å². The molecule has 94 valence electrons. The first-order valence-corrected chi connectivity index (χ1v) is 6.02. The minimum atomic E-state index is 0.331. The number of nitrogens with zero attached hydrogens (tertiary/aromatic N) is 3. The van der Waals surface area contributed by atoms with E-state index in [9.17, 15) is 4.79 Å². The molecule has 5 heteroatoms. The van der Waals surface area contributed by atoms with E-state index in [1.807, 2.05) is 14.0 Å². The zero-order chi connectivity index (χ0) is 12.4. The van der Waals surface area contributed by atoms with Crippen LogP contribution in [0.1, 0.15) is 29.4 Å². The van der Waals surface area contributed by atoms with Gasteiger partial charge in [0.05, 0.1) is 30.5 Å². The summed E-state index contributed by atoms with van der Waals surface area (Å²) in [5, 5.41) is 4.33. The van der Waals surface area contributed by atoms with Crippen LogP contribution in [-0.4, -0.2) is 41.9 Å². The molecule has 0 aliphatic carbocycles. The molecule has 5 nitrogen and oxygen atoms in total. The van der Waals surface area contributed by atoms with Crippen LogP contribution in [0, 0.1) is 6.92 Å². The van der Waals surface area contributed by atoms with E-state index in [0.717, 1.165) is 37.4 Å². The summed E-state index contributed by atoms with van der Waals surface area (Å²) in [6, 6.07) is 0.331. The number of hydrogen-bond acceptors (Lipinski definition) is 4. The van der Waals surface area contributed by atoms with Gasteiger partial charge in [-0.05, 0) is 13.3 Å². The zero-order valence-electron chi connectivity index (χ0n) is 10.6. The first kappa shape index (κ1) is 12.1. The Morgan fingerprint density at radius 2 is 2.35 bits per heavy atom. The highest BCUT2D eigenvalue weighted by Crippen LogP contribution is 2.26. The van der Waals surface area contributed by atoms with Crippen LogP contribution >= 0.6 is 0 Å². The van der Waals surface area contributed by atoms with Gasteiger partial charge in [-0.3, -0.25) is 9.48 Å². The summed E-state index contributed by atoms with van der Waals surface area (Å²) in [7, 11) is 1.89. The number of morpholine rings is 1. The van der Waals surface area contributed by atoms with Gasteiger partial charge in [-0.1, -0.05) is 6.92 Å². The highest BCUT2D eigenvalue weighted by Gasteiger charge is 2.27. The van der Waals surface area contributed by atoms with E-state index < -0.39 is 0 Å². The fraction of sp³-hybridized carbons (Fsp3) is 0.667. The lowest BCUT2D eigenvalue weighted by molar-refractivity contribution is 0.0919. The number of aromatic nitrogens is 2. The van der Waals surface area contributed by atoms with E-state index >= 15 is 0 Å². The van der Waals surface area contributed by atoms with Crippen molar-refractivity contribution < 1.29 is 9.53 Å². The third-order valence-electron chi connectivity index (χ3n) is 3.33. The van der Waals surface area contributed by atoms with Gasteiger partial charge in [-0.2, -0.15) is 5.10 Å². The van der Waals surface area contributed by atoms with E-state index in [4.69, 9.17) is 4.74 Å². The lowest BCUT2D eigenvalue weighted by atomic mass is 10.1. The Bertz CT molecular complexity index is 414. The molecular weight excluding hydrogens is 218 g/mol. The Hall–Kier alpha value is -1.36. The molecule has 1 saturated heterocycles. The zero-order valence-corrected chi connectivity index (χ0v) is 10.6. The molecule has 0 spiro atoms. The Morgan fingerprint density at radius 3 is 3.00 bits per heavy atom. The number of carbonyl (C=O) groups is 1. The van der Waals surface area contributed by atoms with Crippen LogP contribution in [0.3, 0.4) is 0 Å². The number of ether oxygens (including phenoxy) is 1. The van der Waals surface area contributed by atoms with Gasteiger partial charge in [0.25, 0.3) is 0 Å². The summed E-state index contributed by atoms with van der Waals surface area (Å²) in [6.45, 7) is 6.25. The van der Waals surface area contributed by atoms with Crippen LogP contribution < -0.4 is 4.90 Å². The van der Waals surface area contributed by atoms with Crippen molar-refractivity contribution in [3.8, 4) is 0 Å². The molecule has 0 amide bonds. The molecule has 1 aliphatic heterocycles. The molecule has 0 aromatic carbocycles. The summed E-state index contributed by atoms with van der Waals surface area (Å²) in [6.07, 6.45) is 1.91. The molecule has 17 heavy (non-hydrogen) atoms. The van der Waals surface area contributed by atoms with Gasteiger partial charge < -0.3 is 9.64 Å². The molecule has 1 unspecified atom stereocenters. The van der Waals surface area contributed by atoms with Crippen molar-refractivity contribution in [1.29, 1.82) is 0 Å². The molecule has 1 aliphatic rings. The fourth-order valence-corrected chi connectivity index (χ4v) is 2.41. The third-order valence-corrected chi connectivity index (χ3v) is 3.33. The van der Waals surface area contributed by atoms with Crippen molar-refractivity contribution in [2.45, 2.75) is 26.3 Å². The molecule has 2 heterocycles. The minimum absolute atomic E-state index is 0.331. The largest absolute Gasteiger partial charge is 0.377 e. The number of hydrogen-bond donors (Lipinski definition) is 0. The van der Waals surface area contributed by atoms with Gasteiger partial charge in [0, 0.05) is 13.6 Å². The standard InChI is InChI=1S/C12H19N3O2/c1-4-10-8-17-6-5-15(10)12-11(7-16)9(2)13-14(12)3/h7,10H,4-6,8H2,1-3H3. The topological polar surface area (TPSA) is 47.4 Å². The van der Waals surface area contributed by atoms with Crippen LogP contribution in [-0.2, 0) is 11.8 Å². The molecule has 1 aromatic rings. The van der Waals surface area contributed by atoms with Gasteiger partial charge in [0.15, 0.2) is 6.29 Å². The summed E-state index contributed by atoms with van der Waals surface area (Å²) < 4.78 is 7.28. The highest BCUT2D eigenvalue weighted by molar-refractivity contribution is 5.85. The maximum atomic E-state index is 11.2. The Balaban J connectivity index is 2.40. The smallest absolute Gasteiger partial charge is 0.155 e. The molecule has 1 atom stereocenters. The summed E-state index contributed by atoms with van der Waals surface area (Å²) in [5.74, 6) is 0.924. The molecular formula is C12H19N3O2. The first-order chi connectivity index (χ1) is 8.19. The second kappa shape index (κ2) is 4.87. The molecule has 1 aromatic heterocycles. The average Bonchev–Trinajstić information content (AvgIpc) is 2.63. The van der Waals surface area contributed by atoms with Crippen molar-refractivity contribution in [2.75, 3.05) is 24.7 Å². The van der Waals surface area contributed by atoms with Gasteiger partial charge in [-0.25, -0.2) is 0 Å². The third kappa shape index (κ3) is 2.07. The minimum Gasteiger partial charge on any atom is -0.377 e. The van der Waals surface area contributed by atoms with Crippen molar-refractivity contribution in [3.63, 3.8) is 0 Å². The summed E-state index contributed by atoms with van der Waals surface area (Å²) in [5.41, 5.74) is 1.49. The van der Waals surface area contributed by atoms with E-state index in [1.54, 1.807) is 4.68 Å². The highest BCUT2D eigenvalue weighted by atomic mass is 16.5. The van der Waals surface area contributed by atoms with E-state index in [2.05, 4.69) is 16.9 Å². The number of anilines is 1. The molecule has 1 fully saturated rings. The summed E-state index contributed by atoms with van der Waals surface area (Å²) >= 11 is 0. The van der Waals surface area contributed by atoms with E-state index in [0.29, 0.717) is 18.2 Å². The quantitative estimate of drug-likeness (QED) is 0.740. The molecule has 0 N–H and O–H groups in total. The summed E-state index contributed by atoms with van der Waals surface area (Å²) in [4.78, 5) is 13.4. The van der Waals surface area contributed by atoms with Crippen molar-refractivity contribution in [2.24, 2.45) is 7.05 Å². The lowest BCUT2D eigenvalue weighted by Gasteiger charge is -2.36. The number of carbonyl (C=O) groups excluding carboxylic acids is 1. The SMILES string of the molecule is CCC1COCCN1c1c(C=O)c(C)nn1C. The maximum absolute atomic E-state index is 11.2. The van der Waals surface area contributed by atoms with Gasteiger partial charge in [-0.15, -0.1) is 0 Å². The van der Waals surface area contributed by atoms with Crippen molar-refractivity contribution in [3.05, 3.63) is 11.3 Å². The average molecular weight is 237 g/mol. The van der Waals surface area contributed by atoms with E-state index in [-0.39, 0.29) is 0 Å². The molecule has 0 bridgehead atoms. The van der Waals surface area contributed by atoms with Gasteiger partial charge in [0.2, 0.25) is 0 Å². The molecule has 0 radical (unpaired) electrons. The Labute approximate surface area is 101 Å². The lowest BCUT2D eigenvalue weighted by Crippen LogP contribution is -2.46. The number of rotatable bonds is 3. The van der Waals surface area contributed by atoms with Crippen LogP contribution in [0.4, 0.5) is 5.82 Å². The van der Waals surface area contributed by atoms with Crippen molar-refractivity contribution >= 4 is 12.1 Å². The van der Waals surface area contributed by atoms with Gasteiger partial charge in [0.1, 0.15) is 5.82 Å². The molecule has 2 rings (SSSR count). The van der Waals surface area contributed by atoms with E-state index in [1.165, 1.54) is 0 Å². The van der Waals surface area contributed by atoms with Crippen LogP contribution in [0.15, 0.2) is 0 Å². The van der Waals surface area contributed by atoms with Crippen LogP contribution in [0.5, 0.6) is 0 Å². The predicted octanol–water partition coefficient (Wildman–Crippen LogP) is 1.16. The predicted molar refractivity (Wildman–Crippen MR) is 65.6 cm³/mol. The van der Waals surface area contributed by atoms with Crippen LogP contribution in [0.25, 0.3) is 0 Å². The number of aryl methyl sites for hydroxylation is 2. The fourth-order valence-electron chi connectivity index (χ4n) is 2.41.